The molecule has 0 amide bonds. The molecule has 32 heavy (non-hydrogen) atoms. The second-order valence-corrected chi connectivity index (χ2v) is 9.20. The summed E-state index contributed by atoms with van der Waals surface area (Å²) in [6.45, 7) is 8.83. The van der Waals surface area contributed by atoms with Crippen molar-refractivity contribution in [2.45, 2.75) is 19.8 Å². The molecule has 0 bridgehead atoms. The van der Waals surface area contributed by atoms with E-state index in [1.54, 1.807) is 11.6 Å². The average molecular weight is 431 g/mol. The number of ether oxygens (including phenoxy) is 1. The van der Waals surface area contributed by atoms with Crippen molar-refractivity contribution in [1.82, 2.24) is 35.1 Å². The van der Waals surface area contributed by atoms with E-state index in [9.17, 15) is 0 Å². The van der Waals surface area contributed by atoms with E-state index in [1.165, 1.54) is 12.0 Å². The predicted octanol–water partition coefficient (Wildman–Crippen LogP) is 2.72. The molecule has 1 spiro atoms. The van der Waals surface area contributed by atoms with Gasteiger partial charge in [0.1, 0.15) is 6.33 Å². The summed E-state index contributed by atoms with van der Waals surface area (Å²) < 4.78 is 7.26. The lowest BCUT2D eigenvalue weighted by Crippen LogP contribution is -2.71. The minimum Gasteiger partial charge on any atom is -0.493 e. The fourth-order valence-corrected chi connectivity index (χ4v) is 4.87. The topological polar surface area (TPSA) is 96.3 Å². The van der Waals surface area contributed by atoms with Crippen molar-refractivity contribution in [2.24, 2.45) is 5.41 Å². The Labute approximate surface area is 185 Å². The van der Waals surface area contributed by atoms with Crippen LogP contribution in [-0.4, -0.2) is 63.1 Å². The number of H-pyrrole nitrogens is 1. The molecule has 2 aliphatic heterocycles. The van der Waals surface area contributed by atoms with Crippen LogP contribution in [0.1, 0.15) is 25.3 Å². The zero-order valence-corrected chi connectivity index (χ0v) is 18.5. The number of aromatic nitrogens is 6. The number of aromatic amines is 1. The minimum atomic E-state index is 0.249. The maximum Gasteiger partial charge on any atom is 0.197 e. The van der Waals surface area contributed by atoms with Crippen molar-refractivity contribution in [3.05, 3.63) is 42.5 Å². The van der Waals surface area contributed by atoms with Gasteiger partial charge in [-0.05, 0) is 24.1 Å². The molecule has 6 heterocycles. The van der Waals surface area contributed by atoms with Gasteiger partial charge >= 0.3 is 0 Å². The van der Waals surface area contributed by atoms with Crippen molar-refractivity contribution in [3.63, 3.8) is 0 Å². The predicted molar refractivity (Wildman–Crippen MR) is 122 cm³/mol. The highest BCUT2D eigenvalue weighted by Crippen LogP contribution is 2.39. The minimum absolute atomic E-state index is 0.249. The fourth-order valence-electron chi connectivity index (χ4n) is 4.87. The number of nitrogens with one attached hydrogen (secondary N) is 2. The SMILES string of the molecule is COc1cc(-c2n[nH]c(-c3ccc(N4CC5(CNC5)C4)cn3)c2C(C)C)cn2ncnc12. The first-order valence-electron chi connectivity index (χ1n) is 10.9. The van der Waals surface area contributed by atoms with E-state index in [1.807, 2.05) is 18.5 Å². The highest BCUT2D eigenvalue weighted by Gasteiger charge is 2.47. The summed E-state index contributed by atoms with van der Waals surface area (Å²) in [6.07, 6.45) is 5.43. The third kappa shape index (κ3) is 2.88. The van der Waals surface area contributed by atoms with Crippen molar-refractivity contribution >= 4 is 11.3 Å². The summed E-state index contributed by atoms with van der Waals surface area (Å²) in [7, 11) is 1.64. The summed E-state index contributed by atoms with van der Waals surface area (Å²) in [5.41, 5.74) is 7.11. The van der Waals surface area contributed by atoms with Gasteiger partial charge in [0.25, 0.3) is 0 Å². The molecule has 0 aromatic carbocycles. The monoisotopic (exact) mass is 430 g/mol. The van der Waals surface area contributed by atoms with Crippen LogP contribution in [0.3, 0.4) is 0 Å². The molecule has 2 N–H and O–H groups in total. The molecule has 0 unspecified atom stereocenters. The Kier molecular flexibility index (Phi) is 4.23. The van der Waals surface area contributed by atoms with Crippen LogP contribution >= 0.6 is 0 Å². The van der Waals surface area contributed by atoms with Crippen LogP contribution in [0, 0.1) is 5.41 Å². The van der Waals surface area contributed by atoms with E-state index in [2.05, 4.69) is 56.5 Å². The van der Waals surface area contributed by atoms with Crippen molar-refractivity contribution in [1.29, 1.82) is 0 Å². The first-order valence-corrected chi connectivity index (χ1v) is 10.9. The Bertz CT molecular complexity index is 1280. The lowest BCUT2D eigenvalue weighted by atomic mass is 9.74. The molecular formula is C23H26N8O. The van der Waals surface area contributed by atoms with Gasteiger partial charge in [-0.15, -0.1) is 0 Å². The number of hydrogen-bond donors (Lipinski definition) is 2. The largest absolute Gasteiger partial charge is 0.493 e. The molecule has 2 aliphatic rings. The number of rotatable bonds is 5. The smallest absolute Gasteiger partial charge is 0.197 e. The van der Waals surface area contributed by atoms with Gasteiger partial charge in [-0.3, -0.25) is 10.1 Å². The van der Waals surface area contributed by atoms with Gasteiger partial charge in [-0.1, -0.05) is 13.8 Å². The summed E-state index contributed by atoms with van der Waals surface area (Å²) in [6, 6.07) is 6.21. The van der Waals surface area contributed by atoms with E-state index in [0.29, 0.717) is 16.8 Å². The highest BCUT2D eigenvalue weighted by molar-refractivity contribution is 5.75. The van der Waals surface area contributed by atoms with Crippen LogP contribution in [0.5, 0.6) is 5.75 Å². The van der Waals surface area contributed by atoms with Crippen LogP contribution in [0.25, 0.3) is 28.3 Å². The van der Waals surface area contributed by atoms with E-state index in [4.69, 9.17) is 9.72 Å². The number of nitrogens with zero attached hydrogens (tertiary/aromatic N) is 6. The number of anilines is 1. The molecule has 2 fully saturated rings. The Hall–Kier alpha value is -3.46. The van der Waals surface area contributed by atoms with Crippen LogP contribution in [0.2, 0.25) is 0 Å². The number of pyridine rings is 2. The molecule has 9 heteroatoms. The second kappa shape index (κ2) is 7.03. The van der Waals surface area contributed by atoms with Crippen molar-refractivity contribution in [3.8, 4) is 28.4 Å². The standard InChI is InChI=1S/C23H26N8O/c1-14(2)19-20(15-6-18(32-3)22-26-13-27-31(22)8-15)28-29-21(19)17-5-4-16(7-25-17)30-11-23(12-30)9-24-10-23/h4-8,13-14,24H,9-12H2,1-3H3,(H,28,29). The fraction of sp³-hybridized carbons (Fsp3) is 0.391. The Morgan fingerprint density at radius 2 is 2.00 bits per heavy atom. The molecule has 0 radical (unpaired) electrons. The molecule has 0 aliphatic carbocycles. The molecule has 6 rings (SSSR count). The normalized spacial score (nSPS) is 17.1. The van der Waals surface area contributed by atoms with Crippen LogP contribution in [-0.2, 0) is 0 Å². The van der Waals surface area contributed by atoms with Gasteiger partial charge in [-0.2, -0.15) is 10.2 Å². The molecule has 4 aromatic heterocycles. The van der Waals surface area contributed by atoms with Gasteiger partial charge in [0.2, 0.25) is 0 Å². The van der Waals surface area contributed by atoms with Crippen molar-refractivity contribution < 1.29 is 4.74 Å². The zero-order valence-electron chi connectivity index (χ0n) is 18.5. The summed E-state index contributed by atoms with van der Waals surface area (Å²) in [5.74, 6) is 0.912. The molecule has 2 saturated heterocycles. The Balaban J connectivity index is 1.35. The van der Waals surface area contributed by atoms with Crippen LogP contribution in [0.15, 0.2) is 36.9 Å². The van der Waals surface area contributed by atoms with Crippen LogP contribution < -0.4 is 15.0 Å². The number of hydrogen-bond acceptors (Lipinski definition) is 7. The molecule has 4 aromatic rings. The maximum absolute atomic E-state index is 5.54. The van der Waals surface area contributed by atoms with Gasteiger partial charge in [0, 0.05) is 48.9 Å². The maximum atomic E-state index is 5.54. The first-order chi connectivity index (χ1) is 15.6. The zero-order chi connectivity index (χ0) is 21.9. The van der Waals surface area contributed by atoms with E-state index < -0.39 is 0 Å². The third-order valence-electron chi connectivity index (χ3n) is 6.64. The van der Waals surface area contributed by atoms with E-state index in [-0.39, 0.29) is 5.92 Å². The number of methoxy groups -OCH3 is 1. The van der Waals surface area contributed by atoms with Gasteiger partial charge in [0.15, 0.2) is 11.4 Å². The molecule has 0 atom stereocenters. The van der Waals surface area contributed by atoms with E-state index >= 15 is 0 Å². The molecule has 9 nitrogen and oxygen atoms in total. The van der Waals surface area contributed by atoms with Gasteiger partial charge in [-0.25, -0.2) is 9.50 Å². The van der Waals surface area contributed by atoms with Gasteiger partial charge in [0.05, 0.1) is 36.1 Å². The average Bonchev–Trinajstić information content (AvgIpc) is 3.38. The Morgan fingerprint density at radius 3 is 2.66 bits per heavy atom. The van der Waals surface area contributed by atoms with E-state index in [0.717, 1.165) is 54.4 Å². The first kappa shape index (κ1) is 19.2. The Morgan fingerprint density at radius 1 is 1.16 bits per heavy atom. The summed E-state index contributed by atoms with van der Waals surface area (Å²) >= 11 is 0. The highest BCUT2D eigenvalue weighted by atomic mass is 16.5. The summed E-state index contributed by atoms with van der Waals surface area (Å²) in [5, 5.41) is 15.6. The lowest BCUT2D eigenvalue weighted by Gasteiger charge is -2.57. The second-order valence-electron chi connectivity index (χ2n) is 9.20. The lowest BCUT2D eigenvalue weighted by molar-refractivity contribution is 0.121. The molecule has 164 valence electrons. The summed E-state index contributed by atoms with van der Waals surface area (Å²) in [4.78, 5) is 11.5. The quantitative estimate of drug-likeness (QED) is 0.503. The van der Waals surface area contributed by atoms with Gasteiger partial charge < -0.3 is 15.0 Å². The van der Waals surface area contributed by atoms with Crippen LogP contribution in [0.4, 0.5) is 5.69 Å². The van der Waals surface area contributed by atoms with Crippen molar-refractivity contribution in [2.75, 3.05) is 38.2 Å². The third-order valence-corrected chi connectivity index (χ3v) is 6.64. The molecular weight excluding hydrogens is 404 g/mol. The number of fused-ring (bicyclic) bond motifs is 1. The molecule has 0 saturated carbocycles.